The van der Waals surface area contributed by atoms with E-state index in [2.05, 4.69) is 20.3 Å². The fourth-order valence-electron chi connectivity index (χ4n) is 4.67. The summed E-state index contributed by atoms with van der Waals surface area (Å²) >= 11 is 0. The SMILES string of the molecule is CCC(=O)N1CC[C@](F)(NC(=O)c2c(C)[nH]c3c(-c4cc(C(F)F)ccc4OCC4CC4)ncnc23)C1. The number of nitrogens with one attached hydrogen (secondary N) is 2. The second-order valence-corrected chi connectivity index (χ2v) is 9.72. The molecule has 2 fully saturated rings. The van der Waals surface area contributed by atoms with Crippen molar-refractivity contribution in [2.75, 3.05) is 19.7 Å². The number of H-pyrrole nitrogens is 1. The summed E-state index contributed by atoms with van der Waals surface area (Å²) in [6.07, 6.45) is 0.919. The van der Waals surface area contributed by atoms with Crippen LogP contribution in [0.15, 0.2) is 24.5 Å². The van der Waals surface area contributed by atoms with Crippen molar-refractivity contribution >= 4 is 22.8 Å². The number of aryl methyl sites for hydroxylation is 1. The van der Waals surface area contributed by atoms with Gasteiger partial charge in [0.25, 0.3) is 12.3 Å². The molecule has 3 heterocycles. The number of halogens is 3. The van der Waals surface area contributed by atoms with Gasteiger partial charge in [0.1, 0.15) is 23.3 Å². The zero-order chi connectivity index (χ0) is 26.3. The van der Waals surface area contributed by atoms with Crippen LogP contribution in [-0.2, 0) is 4.79 Å². The molecule has 5 rings (SSSR count). The normalized spacial score (nSPS) is 19.6. The Morgan fingerprint density at radius 1 is 1.30 bits per heavy atom. The largest absolute Gasteiger partial charge is 0.493 e. The highest BCUT2D eigenvalue weighted by atomic mass is 19.3. The number of fused-ring (bicyclic) bond motifs is 1. The predicted molar refractivity (Wildman–Crippen MR) is 130 cm³/mol. The summed E-state index contributed by atoms with van der Waals surface area (Å²) in [5.41, 5.74) is 1.60. The van der Waals surface area contributed by atoms with E-state index in [9.17, 15) is 18.4 Å². The topological polar surface area (TPSA) is 100 Å². The van der Waals surface area contributed by atoms with Crippen molar-refractivity contribution in [1.29, 1.82) is 0 Å². The first-order valence-corrected chi connectivity index (χ1v) is 12.4. The Labute approximate surface area is 211 Å². The van der Waals surface area contributed by atoms with Gasteiger partial charge in [-0.15, -0.1) is 0 Å². The minimum absolute atomic E-state index is 0.0196. The van der Waals surface area contributed by atoms with Gasteiger partial charge in [-0.2, -0.15) is 0 Å². The van der Waals surface area contributed by atoms with E-state index in [1.54, 1.807) is 13.8 Å². The molecule has 2 aliphatic rings. The number of aromatic nitrogens is 3. The molecule has 1 aliphatic carbocycles. The molecule has 1 saturated carbocycles. The molecular weight excluding hydrogens is 487 g/mol. The molecule has 0 radical (unpaired) electrons. The highest BCUT2D eigenvalue weighted by Crippen LogP contribution is 2.38. The van der Waals surface area contributed by atoms with Crippen molar-refractivity contribution in [2.45, 2.75) is 51.7 Å². The Hall–Kier alpha value is -3.63. The summed E-state index contributed by atoms with van der Waals surface area (Å²) in [6, 6.07) is 4.16. The number of rotatable bonds is 8. The third kappa shape index (κ3) is 4.99. The molecule has 1 saturated heterocycles. The van der Waals surface area contributed by atoms with Gasteiger partial charge >= 0.3 is 0 Å². The highest BCUT2D eigenvalue weighted by Gasteiger charge is 2.42. The smallest absolute Gasteiger partial charge is 0.263 e. The number of aromatic amines is 1. The number of alkyl halides is 3. The maximum atomic E-state index is 15.4. The lowest BCUT2D eigenvalue weighted by atomic mass is 10.0. The average molecular weight is 516 g/mol. The fourth-order valence-corrected chi connectivity index (χ4v) is 4.67. The summed E-state index contributed by atoms with van der Waals surface area (Å²) in [7, 11) is 0. The molecule has 11 heteroatoms. The fraction of sp³-hybridized carbons (Fsp3) is 0.462. The number of likely N-dealkylation sites (tertiary alicyclic amines) is 1. The molecule has 2 N–H and O–H groups in total. The van der Waals surface area contributed by atoms with Crippen LogP contribution in [0.25, 0.3) is 22.3 Å². The average Bonchev–Trinajstić information content (AvgIpc) is 3.53. The van der Waals surface area contributed by atoms with Crippen molar-refractivity contribution in [2.24, 2.45) is 5.92 Å². The molecular formula is C26H28F3N5O3. The van der Waals surface area contributed by atoms with Crippen LogP contribution >= 0.6 is 0 Å². The van der Waals surface area contributed by atoms with E-state index in [4.69, 9.17) is 4.74 Å². The third-order valence-electron chi connectivity index (χ3n) is 6.89. The van der Waals surface area contributed by atoms with Gasteiger partial charge in [0, 0.05) is 36.2 Å². The van der Waals surface area contributed by atoms with Crippen molar-refractivity contribution < 1.29 is 27.5 Å². The van der Waals surface area contributed by atoms with Crippen molar-refractivity contribution in [1.82, 2.24) is 25.2 Å². The standard InChI is InChI=1S/C26H28F3N5O3/c1-3-19(35)34-9-8-26(29,12-34)33-25(36)20-14(2)32-23-21(30-13-31-22(20)23)17-10-16(24(27)28)6-7-18(17)37-11-15-4-5-15/h6-7,10,13,15,24,32H,3-5,8-9,11-12H2,1-2H3,(H,33,36)/t26-/m0/s1. The van der Waals surface area contributed by atoms with Crippen LogP contribution in [0.1, 0.15) is 60.6 Å². The molecule has 2 amide bonds. The Morgan fingerprint density at radius 2 is 2.08 bits per heavy atom. The van der Waals surface area contributed by atoms with Gasteiger partial charge in [0.05, 0.1) is 24.2 Å². The zero-order valence-corrected chi connectivity index (χ0v) is 20.6. The summed E-state index contributed by atoms with van der Waals surface area (Å²) in [4.78, 5) is 38.3. The molecule has 0 unspecified atom stereocenters. The number of carbonyl (C=O) groups excluding carboxylic acids is 2. The lowest BCUT2D eigenvalue weighted by Crippen LogP contribution is -2.47. The number of hydrogen-bond donors (Lipinski definition) is 2. The van der Waals surface area contributed by atoms with E-state index < -0.39 is 18.1 Å². The molecule has 37 heavy (non-hydrogen) atoms. The van der Waals surface area contributed by atoms with E-state index in [1.807, 2.05) is 0 Å². The maximum Gasteiger partial charge on any atom is 0.263 e. The summed E-state index contributed by atoms with van der Waals surface area (Å²) < 4.78 is 48.5. The monoisotopic (exact) mass is 515 g/mol. The Morgan fingerprint density at radius 3 is 2.78 bits per heavy atom. The summed E-state index contributed by atoms with van der Waals surface area (Å²) in [5, 5.41) is 2.43. The number of hydrogen-bond acceptors (Lipinski definition) is 5. The molecule has 1 aromatic carbocycles. The van der Waals surface area contributed by atoms with E-state index in [0.29, 0.717) is 40.7 Å². The quantitative estimate of drug-likeness (QED) is 0.424. The van der Waals surface area contributed by atoms with Crippen LogP contribution in [0.2, 0.25) is 0 Å². The predicted octanol–water partition coefficient (Wildman–Crippen LogP) is 4.70. The molecule has 2 aromatic heterocycles. The van der Waals surface area contributed by atoms with E-state index in [1.165, 1.54) is 29.4 Å². The zero-order valence-electron chi connectivity index (χ0n) is 20.6. The van der Waals surface area contributed by atoms with Crippen LogP contribution < -0.4 is 10.1 Å². The minimum atomic E-state index is -2.69. The summed E-state index contributed by atoms with van der Waals surface area (Å²) in [5.74, 6) is -2.08. The second kappa shape index (κ2) is 9.68. The molecule has 0 spiro atoms. The Kier molecular flexibility index (Phi) is 6.55. The van der Waals surface area contributed by atoms with Crippen molar-refractivity contribution in [3.05, 3.63) is 41.3 Å². The van der Waals surface area contributed by atoms with Crippen molar-refractivity contribution in [3.63, 3.8) is 0 Å². The van der Waals surface area contributed by atoms with Gasteiger partial charge in [-0.3, -0.25) is 9.59 Å². The lowest BCUT2D eigenvalue weighted by Gasteiger charge is -2.22. The van der Waals surface area contributed by atoms with E-state index in [-0.39, 0.29) is 48.5 Å². The van der Waals surface area contributed by atoms with E-state index in [0.717, 1.165) is 12.8 Å². The first-order valence-electron chi connectivity index (χ1n) is 12.4. The van der Waals surface area contributed by atoms with Gasteiger partial charge in [-0.05, 0) is 43.9 Å². The van der Waals surface area contributed by atoms with Gasteiger partial charge < -0.3 is 19.9 Å². The minimum Gasteiger partial charge on any atom is -0.493 e. The molecule has 1 aliphatic heterocycles. The van der Waals surface area contributed by atoms with Crippen LogP contribution in [0.5, 0.6) is 5.75 Å². The van der Waals surface area contributed by atoms with Gasteiger partial charge in [0.15, 0.2) is 0 Å². The van der Waals surface area contributed by atoms with Crippen molar-refractivity contribution in [3.8, 4) is 17.0 Å². The molecule has 8 nitrogen and oxygen atoms in total. The maximum absolute atomic E-state index is 15.4. The molecule has 196 valence electrons. The second-order valence-electron chi connectivity index (χ2n) is 9.72. The summed E-state index contributed by atoms with van der Waals surface area (Å²) in [6.45, 7) is 3.81. The number of nitrogens with zero attached hydrogens (tertiary/aromatic N) is 3. The van der Waals surface area contributed by atoms with Gasteiger partial charge in [-0.1, -0.05) is 6.92 Å². The van der Waals surface area contributed by atoms with Gasteiger partial charge in [-0.25, -0.2) is 23.1 Å². The third-order valence-corrected chi connectivity index (χ3v) is 6.89. The van der Waals surface area contributed by atoms with E-state index >= 15 is 4.39 Å². The molecule has 1 atom stereocenters. The first-order chi connectivity index (χ1) is 17.7. The molecule has 3 aromatic rings. The number of benzene rings is 1. The first kappa shape index (κ1) is 25.0. The Bertz CT molecular complexity index is 1360. The van der Waals surface area contributed by atoms with Crippen LogP contribution in [0.4, 0.5) is 13.2 Å². The van der Waals surface area contributed by atoms with Crippen LogP contribution in [0, 0.1) is 12.8 Å². The van der Waals surface area contributed by atoms with Crippen LogP contribution in [0.3, 0.4) is 0 Å². The number of ether oxygens (including phenoxy) is 1. The highest BCUT2D eigenvalue weighted by molar-refractivity contribution is 6.09. The lowest BCUT2D eigenvalue weighted by molar-refractivity contribution is -0.130. The van der Waals surface area contributed by atoms with Gasteiger partial charge in [0.2, 0.25) is 11.7 Å². The number of amides is 2. The van der Waals surface area contributed by atoms with Crippen LogP contribution in [-0.4, -0.2) is 57.2 Å². The Balaban J connectivity index is 1.50. The molecule has 0 bridgehead atoms. The number of carbonyl (C=O) groups is 2.